The van der Waals surface area contributed by atoms with Gasteiger partial charge in [-0.15, -0.1) is 0 Å². The SMILES string of the molecule is O=C(Cl)c1cc([N+](=O)[O-])c(NCc2ccccc2)c([N+](=O)[O-])c1. The third-order valence-electron chi connectivity index (χ3n) is 3.03. The van der Waals surface area contributed by atoms with Gasteiger partial charge in [-0.2, -0.15) is 0 Å². The van der Waals surface area contributed by atoms with Crippen LogP contribution in [0.1, 0.15) is 15.9 Å². The zero-order valence-electron chi connectivity index (χ0n) is 11.6. The molecule has 0 aliphatic rings. The Morgan fingerprint density at radius 3 is 2.00 bits per heavy atom. The summed E-state index contributed by atoms with van der Waals surface area (Å²) < 4.78 is 0. The first-order valence-corrected chi connectivity index (χ1v) is 6.72. The second-order valence-corrected chi connectivity index (χ2v) is 4.86. The third kappa shape index (κ3) is 3.80. The van der Waals surface area contributed by atoms with Crippen LogP contribution in [0.4, 0.5) is 17.1 Å². The van der Waals surface area contributed by atoms with Gasteiger partial charge in [0.15, 0.2) is 5.69 Å². The highest BCUT2D eigenvalue weighted by Crippen LogP contribution is 2.36. The minimum atomic E-state index is -1.01. The Kier molecular flexibility index (Phi) is 4.87. The van der Waals surface area contributed by atoms with Crippen LogP contribution in [-0.2, 0) is 6.54 Å². The molecule has 0 spiro atoms. The molecule has 0 amide bonds. The van der Waals surface area contributed by atoms with Crippen LogP contribution in [-0.4, -0.2) is 15.1 Å². The van der Waals surface area contributed by atoms with Gasteiger partial charge in [0.2, 0.25) is 0 Å². The molecule has 0 unspecified atom stereocenters. The number of nitrogens with one attached hydrogen (secondary N) is 1. The van der Waals surface area contributed by atoms with Crippen LogP contribution >= 0.6 is 11.6 Å². The molecular formula is C14H10ClN3O5. The number of halogens is 1. The van der Waals surface area contributed by atoms with Crippen LogP contribution in [0.2, 0.25) is 0 Å². The first kappa shape index (κ1) is 16.4. The van der Waals surface area contributed by atoms with E-state index in [4.69, 9.17) is 11.6 Å². The summed E-state index contributed by atoms with van der Waals surface area (Å²) in [6.07, 6.45) is 0. The zero-order chi connectivity index (χ0) is 17.0. The van der Waals surface area contributed by atoms with E-state index in [1.807, 2.05) is 0 Å². The highest BCUT2D eigenvalue weighted by Gasteiger charge is 2.28. The summed E-state index contributed by atoms with van der Waals surface area (Å²) in [5.74, 6) is 0. The number of benzene rings is 2. The van der Waals surface area contributed by atoms with E-state index in [1.165, 1.54) is 0 Å². The first-order chi connectivity index (χ1) is 10.9. The van der Waals surface area contributed by atoms with Gasteiger partial charge in [-0.05, 0) is 17.2 Å². The molecule has 2 aromatic carbocycles. The standard InChI is InChI=1S/C14H10ClN3O5/c15-14(19)10-6-11(17(20)21)13(12(7-10)18(22)23)16-8-9-4-2-1-3-5-9/h1-7,16H,8H2. The molecule has 0 aromatic heterocycles. The molecule has 0 aliphatic heterocycles. The summed E-state index contributed by atoms with van der Waals surface area (Å²) in [5, 5.41) is 24.0. The van der Waals surface area contributed by atoms with Gasteiger partial charge >= 0.3 is 0 Å². The maximum absolute atomic E-state index is 11.2. The van der Waals surface area contributed by atoms with E-state index in [2.05, 4.69) is 5.32 Å². The molecule has 0 atom stereocenters. The Hall–Kier alpha value is -3.00. The average molecular weight is 336 g/mol. The number of carbonyl (C=O) groups excluding carboxylic acids is 1. The van der Waals surface area contributed by atoms with Crippen LogP contribution in [0.25, 0.3) is 0 Å². The Bertz CT molecular complexity index is 744. The monoisotopic (exact) mass is 335 g/mol. The zero-order valence-corrected chi connectivity index (χ0v) is 12.3. The van der Waals surface area contributed by atoms with Crippen molar-refractivity contribution in [1.82, 2.24) is 0 Å². The summed E-state index contributed by atoms with van der Waals surface area (Å²) in [4.78, 5) is 31.9. The predicted octanol–water partition coefficient (Wildman–Crippen LogP) is 3.49. The van der Waals surface area contributed by atoms with Crippen molar-refractivity contribution in [2.24, 2.45) is 0 Å². The van der Waals surface area contributed by atoms with Gasteiger partial charge in [-0.1, -0.05) is 30.3 Å². The lowest BCUT2D eigenvalue weighted by Crippen LogP contribution is -2.07. The van der Waals surface area contributed by atoms with Crippen molar-refractivity contribution in [2.75, 3.05) is 5.32 Å². The van der Waals surface area contributed by atoms with Gasteiger partial charge < -0.3 is 5.32 Å². The van der Waals surface area contributed by atoms with Crippen LogP contribution in [0.15, 0.2) is 42.5 Å². The van der Waals surface area contributed by atoms with Crippen LogP contribution in [0.3, 0.4) is 0 Å². The number of carbonyl (C=O) groups is 1. The van der Waals surface area contributed by atoms with Crippen LogP contribution < -0.4 is 5.32 Å². The van der Waals surface area contributed by atoms with Crippen LogP contribution in [0.5, 0.6) is 0 Å². The van der Waals surface area contributed by atoms with Gasteiger partial charge in [0.05, 0.1) is 9.85 Å². The summed E-state index contributed by atoms with van der Waals surface area (Å²) in [6, 6.07) is 10.7. The molecule has 0 saturated carbocycles. The van der Waals surface area contributed by atoms with Gasteiger partial charge in [0, 0.05) is 24.2 Å². The largest absolute Gasteiger partial charge is 0.370 e. The van der Waals surface area contributed by atoms with Gasteiger partial charge in [0.1, 0.15) is 0 Å². The van der Waals surface area contributed by atoms with E-state index in [0.717, 1.165) is 17.7 Å². The number of hydrogen-bond acceptors (Lipinski definition) is 6. The molecule has 0 bridgehead atoms. The van der Waals surface area contributed by atoms with Gasteiger partial charge in [-0.25, -0.2) is 0 Å². The van der Waals surface area contributed by atoms with E-state index in [1.54, 1.807) is 30.3 Å². The lowest BCUT2D eigenvalue weighted by molar-refractivity contribution is -0.392. The molecule has 9 heteroatoms. The van der Waals surface area contributed by atoms with Crippen molar-refractivity contribution < 1.29 is 14.6 Å². The van der Waals surface area contributed by atoms with Crippen molar-refractivity contribution in [1.29, 1.82) is 0 Å². The number of nitrogens with zero attached hydrogens (tertiary/aromatic N) is 2. The minimum absolute atomic E-state index is 0.149. The molecule has 0 heterocycles. The van der Waals surface area contributed by atoms with Crippen molar-refractivity contribution in [3.8, 4) is 0 Å². The van der Waals surface area contributed by atoms with E-state index < -0.39 is 26.5 Å². The average Bonchev–Trinajstić information content (AvgIpc) is 2.52. The van der Waals surface area contributed by atoms with Crippen molar-refractivity contribution in [3.63, 3.8) is 0 Å². The summed E-state index contributed by atoms with van der Waals surface area (Å²) in [5.41, 5.74) is -0.965. The summed E-state index contributed by atoms with van der Waals surface area (Å²) in [6.45, 7) is 0.149. The fraction of sp³-hybridized carbons (Fsp3) is 0.0714. The Morgan fingerprint density at radius 1 is 1.04 bits per heavy atom. The molecular weight excluding hydrogens is 326 g/mol. The number of hydrogen-bond donors (Lipinski definition) is 1. The fourth-order valence-corrected chi connectivity index (χ4v) is 2.09. The van der Waals surface area contributed by atoms with E-state index in [9.17, 15) is 25.0 Å². The Labute approximate surface area is 135 Å². The third-order valence-corrected chi connectivity index (χ3v) is 3.25. The van der Waals surface area contributed by atoms with Gasteiger partial charge in [0.25, 0.3) is 16.6 Å². The molecule has 118 valence electrons. The lowest BCUT2D eigenvalue weighted by Gasteiger charge is -2.09. The highest BCUT2D eigenvalue weighted by atomic mass is 35.5. The first-order valence-electron chi connectivity index (χ1n) is 6.34. The van der Waals surface area contributed by atoms with Crippen molar-refractivity contribution in [2.45, 2.75) is 6.54 Å². The molecule has 8 nitrogen and oxygen atoms in total. The van der Waals surface area contributed by atoms with Crippen molar-refractivity contribution in [3.05, 3.63) is 73.8 Å². The molecule has 0 saturated heterocycles. The maximum atomic E-state index is 11.2. The summed E-state index contributed by atoms with van der Waals surface area (Å²) in [7, 11) is 0. The molecule has 0 aliphatic carbocycles. The fourth-order valence-electron chi connectivity index (χ4n) is 1.98. The quantitative estimate of drug-likeness (QED) is 0.490. The molecule has 23 heavy (non-hydrogen) atoms. The van der Waals surface area contributed by atoms with Crippen LogP contribution in [0, 0.1) is 20.2 Å². The topological polar surface area (TPSA) is 115 Å². The molecule has 0 radical (unpaired) electrons. The smallest absolute Gasteiger partial charge is 0.300 e. The van der Waals surface area contributed by atoms with Crippen molar-refractivity contribution >= 4 is 33.9 Å². The lowest BCUT2D eigenvalue weighted by atomic mass is 10.1. The highest BCUT2D eigenvalue weighted by molar-refractivity contribution is 6.67. The molecule has 2 aromatic rings. The second kappa shape index (κ2) is 6.84. The number of rotatable bonds is 6. The summed E-state index contributed by atoms with van der Waals surface area (Å²) >= 11 is 5.28. The maximum Gasteiger partial charge on any atom is 0.300 e. The molecule has 2 rings (SSSR count). The van der Waals surface area contributed by atoms with E-state index in [-0.39, 0.29) is 17.8 Å². The van der Waals surface area contributed by atoms with E-state index >= 15 is 0 Å². The Balaban J connectivity index is 2.48. The molecule has 1 N–H and O–H groups in total. The normalized spacial score (nSPS) is 10.1. The minimum Gasteiger partial charge on any atom is -0.370 e. The Morgan fingerprint density at radius 2 is 1.57 bits per heavy atom. The van der Waals surface area contributed by atoms with Gasteiger partial charge in [-0.3, -0.25) is 25.0 Å². The molecule has 0 fully saturated rings. The van der Waals surface area contributed by atoms with E-state index in [0.29, 0.717) is 0 Å². The number of nitro groups is 2. The predicted molar refractivity (Wildman–Crippen MR) is 83.7 cm³/mol. The number of anilines is 1. The second-order valence-electron chi connectivity index (χ2n) is 4.52. The number of nitro benzene ring substituents is 2.